The number of benzene rings is 2. The first-order valence-corrected chi connectivity index (χ1v) is 6.63. The fraction of sp³-hybridized carbons (Fsp3) is 0. The Labute approximate surface area is 132 Å². The summed E-state index contributed by atoms with van der Waals surface area (Å²) in [5, 5.41) is 19.9. The highest BCUT2D eigenvalue weighted by Gasteiger charge is 2.16. The Morgan fingerprint density at radius 1 is 1.12 bits per heavy atom. The molecule has 122 valence electrons. The van der Waals surface area contributed by atoms with E-state index < -0.39 is 28.9 Å². The second kappa shape index (κ2) is 5.73. The Hall–Kier alpha value is -3.29. The van der Waals surface area contributed by atoms with E-state index in [2.05, 4.69) is 5.32 Å². The molecule has 0 saturated heterocycles. The highest BCUT2D eigenvalue weighted by atomic mass is 19.2. The number of hydrogen-bond acceptors (Lipinski definition) is 4. The van der Waals surface area contributed by atoms with Gasteiger partial charge in [0.05, 0.1) is 0 Å². The summed E-state index contributed by atoms with van der Waals surface area (Å²) < 4.78 is 44.4. The number of fused-ring (bicyclic) bond motifs is 1. The van der Waals surface area contributed by atoms with Crippen LogP contribution >= 0.6 is 0 Å². The summed E-state index contributed by atoms with van der Waals surface area (Å²) >= 11 is 0. The molecule has 0 aliphatic carbocycles. The quantitative estimate of drug-likeness (QED) is 0.629. The SMILES string of the molecule is N=c1oc2c(O)cccc2cc1C(=O)Nc1cc(F)c(F)c(F)c1. The number of rotatable bonds is 2. The Balaban J connectivity index is 2.00. The van der Waals surface area contributed by atoms with Crippen molar-refractivity contribution >= 4 is 22.6 Å². The first kappa shape index (κ1) is 15.6. The summed E-state index contributed by atoms with van der Waals surface area (Å²) in [4.78, 5) is 12.2. The number of hydrogen-bond donors (Lipinski definition) is 3. The zero-order chi connectivity index (χ0) is 17.4. The Morgan fingerprint density at radius 3 is 2.46 bits per heavy atom. The van der Waals surface area contributed by atoms with Gasteiger partial charge in [0.1, 0.15) is 5.56 Å². The first-order valence-electron chi connectivity index (χ1n) is 6.63. The normalized spacial score (nSPS) is 10.8. The van der Waals surface area contributed by atoms with Crippen LogP contribution < -0.4 is 10.9 Å². The summed E-state index contributed by atoms with van der Waals surface area (Å²) in [5.41, 5.74) is -1.06. The number of amides is 1. The zero-order valence-electron chi connectivity index (χ0n) is 11.9. The third-order valence-electron chi connectivity index (χ3n) is 3.26. The number of phenolic OH excluding ortho intramolecular Hbond substituents is 1. The fourth-order valence-corrected chi connectivity index (χ4v) is 2.14. The molecule has 3 N–H and O–H groups in total. The van der Waals surface area contributed by atoms with Crippen LogP contribution in [0.25, 0.3) is 11.0 Å². The predicted molar refractivity (Wildman–Crippen MR) is 78.0 cm³/mol. The van der Waals surface area contributed by atoms with Crippen molar-refractivity contribution in [2.24, 2.45) is 0 Å². The van der Waals surface area contributed by atoms with E-state index >= 15 is 0 Å². The van der Waals surface area contributed by atoms with Gasteiger partial charge in [0.25, 0.3) is 5.91 Å². The van der Waals surface area contributed by atoms with Crippen LogP contribution in [0, 0.1) is 22.9 Å². The van der Waals surface area contributed by atoms with E-state index in [9.17, 15) is 23.1 Å². The summed E-state index contributed by atoms with van der Waals surface area (Å²) in [5.74, 6) is -5.63. The van der Waals surface area contributed by atoms with E-state index in [4.69, 9.17) is 9.83 Å². The average Bonchev–Trinajstić information content (AvgIpc) is 2.53. The van der Waals surface area contributed by atoms with Gasteiger partial charge in [-0.25, -0.2) is 13.2 Å². The molecule has 8 heteroatoms. The minimum Gasteiger partial charge on any atom is -0.504 e. The van der Waals surface area contributed by atoms with Crippen molar-refractivity contribution in [2.45, 2.75) is 0 Å². The molecule has 5 nitrogen and oxygen atoms in total. The van der Waals surface area contributed by atoms with Gasteiger partial charge in [-0.05, 0) is 12.1 Å². The van der Waals surface area contributed by atoms with Gasteiger partial charge in [-0.3, -0.25) is 10.2 Å². The van der Waals surface area contributed by atoms with Gasteiger partial charge in [-0.1, -0.05) is 12.1 Å². The lowest BCUT2D eigenvalue weighted by Crippen LogP contribution is -2.21. The van der Waals surface area contributed by atoms with E-state index in [1.165, 1.54) is 18.2 Å². The van der Waals surface area contributed by atoms with Crippen LogP contribution in [0.2, 0.25) is 0 Å². The van der Waals surface area contributed by atoms with Crippen molar-refractivity contribution in [1.29, 1.82) is 5.41 Å². The number of halogens is 3. The highest BCUT2D eigenvalue weighted by Crippen LogP contribution is 2.24. The van der Waals surface area contributed by atoms with E-state index in [-0.39, 0.29) is 22.6 Å². The molecule has 1 heterocycles. The van der Waals surface area contributed by atoms with Gasteiger partial charge in [0.2, 0.25) is 5.55 Å². The number of nitrogens with one attached hydrogen (secondary N) is 2. The van der Waals surface area contributed by atoms with Crippen molar-refractivity contribution in [3.05, 3.63) is 65.0 Å². The van der Waals surface area contributed by atoms with Gasteiger partial charge in [-0.2, -0.15) is 0 Å². The second-order valence-corrected chi connectivity index (χ2v) is 4.89. The smallest absolute Gasteiger partial charge is 0.261 e. The van der Waals surface area contributed by atoms with Crippen LogP contribution in [0.5, 0.6) is 5.75 Å². The molecule has 0 bridgehead atoms. The summed E-state index contributed by atoms with van der Waals surface area (Å²) in [7, 11) is 0. The molecule has 1 amide bonds. The molecule has 0 fully saturated rings. The van der Waals surface area contributed by atoms with Crippen LogP contribution in [0.15, 0.2) is 40.8 Å². The number of carbonyl (C=O) groups is 1. The maximum atomic E-state index is 13.2. The predicted octanol–water partition coefficient (Wildman–Crippen LogP) is 3.29. The van der Waals surface area contributed by atoms with Crippen LogP contribution in [0.4, 0.5) is 18.9 Å². The molecule has 0 atom stereocenters. The second-order valence-electron chi connectivity index (χ2n) is 4.89. The molecular weight excluding hydrogens is 325 g/mol. The topological polar surface area (TPSA) is 86.3 Å². The fourth-order valence-electron chi connectivity index (χ4n) is 2.14. The molecule has 2 aromatic carbocycles. The molecule has 0 unspecified atom stereocenters. The van der Waals surface area contributed by atoms with Crippen molar-refractivity contribution in [1.82, 2.24) is 0 Å². The van der Waals surface area contributed by atoms with Gasteiger partial charge >= 0.3 is 0 Å². The number of carbonyl (C=O) groups excluding carboxylic acids is 1. The monoisotopic (exact) mass is 334 g/mol. The lowest BCUT2D eigenvalue weighted by Gasteiger charge is -2.07. The van der Waals surface area contributed by atoms with Crippen molar-refractivity contribution in [2.75, 3.05) is 5.32 Å². The molecule has 3 aromatic rings. The first-order chi connectivity index (χ1) is 11.4. The molecule has 0 spiro atoms. The van der Waals surface area contributed by atoms with Gasteiger partial charge in [-0.15, -0.1) is 0 Å². The summed E-state index contributed by atoms with van der Waals surface area (Å²) in [6.07, 6.45) is 0. The Morgan fingerprint density at radius 2 is 1.79 bits per heavy atom. The molecular formula is C16H9F3N2O3. The lowest BCUT2D eigenvalue weighted by atomic mass is 10.1. The molecule has 1 aromatic heterocycles. The molecule has 0 aliphatic rings. The van der Waals surface area contributed by atoms with E-state index in [1.807, 2.05) is 0 Å². The Bertz CT molecular complexity index is 1010. The van der Waals surface area contributed by atoms with Gasteiger partial charge in [0.15, 0.2) is 28.8 Å². The molecule has 0 radical (unpaired) electrons. The zero-order valence-corrected chi connectivity index (χ0v) is 11.9. The van der Waals surface area contributed by atoms with Crippen LogP contribution in [0.1, 0.15) is 10.4 Å². The van der Waals surface area contributed by atoms with Crippen molar-refractivity contribution in [3.63, 3.8) is 0 Å². The summed E-state index contributed by atoms with van der Waals surface area (Å²) in [6, 6.07) is 6.94. The maximum absolute atomic E-state index is 13.2. The standard InChI is InChI=1S/C16H9F3N2O3/c17-10-5-8(6-11(18)13(10)19)21-16(23)9-4-7-2-1-3-12(22)14(7)24-15(9)20/h1-6,20,22H,(H,21,23). The molecule has 0 aliphatic heterocycles. The minimum atomic E-state index is -1.65. The van der Waals surface area contributed by atoms with E-state index in [0.717, 1.165) is 0 Å². The molecule has 3 rings (SSSR count). The third-order valence-corrected chi connectivity index (χ3v) is 3.26. The van der Waals surface area contributed by atoms with Gasteiger partial charge < -0.3 is 14.8 Å². The highest BCUT2D eigenvalue weighted by molar-refractivity contribution is 6.05. The molecule has 24 heavy (non-hydrogen) atoms. The van der Waals surface area contributed by atoms with E-state index in [0.29, 0.717) is 17.5 Å². The maximum Gasteiger partial charge on any atom is 0.261 e. The van der Waals surface area contributed by atoms with Crippen molar-refractivity contribution < 1.29 is 27.5 Å². The Kier molecular flexibility index (Phi) is 3.72. The minimum absolute atomic E-state index is 0.0259. The third kappa shape index (κ3) is 2.69. The van der Waals surface area contributed by atoms with E-state index in [1.54, 1.807) is 6.07 Å². The molecule has 0 saturated carbocycles. The lowest BCUT2D eigenvalue weighted by molar-refractivity contribution is 0.102. The van der Waals surface area contributed by atoms with Crippen LogP contribution in [-0.2, 0) is 0 Å². The van der Waals surface area contributed by atoms with Gasteiger partial charge in [0, 0.05) is 23.2 Å². The number of phenols is 1. The summed E-state index contributed by atoms with van der Waals surface area (Å²) in [6.45, 7) is 0. The number of aromatic hydroxyl groups is 1. The number of anilines is 1. The van der Waals surface area contributed by atoms with Crippen LogP contribution in [-0.4, -0.2) is 11.0 Å². The number of para-hydroxylation sites is 1. The van der Waals surface area contributed by atoms with Crippen LogP contribution in [0.3, 0.4) is 0 Å². The van der Waals surface area contributed by atoms with Crippen molar-refractivity contribution in [3.8, 4) is 5.75 Å². The largest absolute Gasteiger partial charge is 0.504 e. The average molecular weight is 334 g/mol.